The molecule has 0 saturated carbocycles. The molecule has 0 bridgehead atoms. The zero-order chi connectivity index (χ0) is 15.5. The Balaban J connectivity index is 2.54. The summed E-state index contributed by atoms with van der Waals surface area (Å²) >= 11 is 4.97. The summed E-state index contributed by atoms with van der Waals surface area (Å²) < 4.78 is 10.9. The molecule has 0 aromatic heterocycles. The van der Waals surface area contributed by atoms with Crippen LogP contribution in [-0.2, 0) is 16.0 Å². The van der Waals surface area contributed by atoms with E-state index in [1.165, 1.54) is 5.56 Å². The van der Waals surface area contributed by atoms with E-state index in [0.29, 0.717) is 4.99 Å². The van der Waals surface area contributed by atoms with Crippen molar-refractivity contribution in [1.29, 1.82) is 0 Å². The van der Waals surface area contributed by atoms with E-state index in [0.717, 1.165) is 51.6 Å². The molecule has 1 aromatic rings. The van der Waals surface area contributed by atoms with Gasteiger partial charge in [-0.05, 0) is 19.4 Å². The van der Waals surface area contributed by atoms with Crippen LogP contribution in [0, 0.1) is 0 Å². The molecule has 4 nitrogen and oxygen atoms in total. The molecule has 0 aliphatic heterocycles. The molecule has 0 unspecified atom stereocenters. The van der Waals surface area contributed by atoms with Gasteiger partial charge >= 0.3 is 0 Å². The monoisotopic (exact) mass is 310 g/mol. The highest BCUT2D eigenvalue weighted by molar-refractivity contribution is 7.80. The van der Waals surface area contributed by atoms with Crippen molar-refractivity contribution in [1.82, 2.24) is 4.90 Å². The number of rotatable bonds is 11. The first-order valence-corrected chi connectivity index (χ1v) is 7.84. The van der Waals surface area contributed by atoms with Crippen LogP contribution in [0.15, 0.2) is 24.3 Å². The molecule has 0 amide bonds. The zero-order valence-electron chi connectivity index (χ0n) is 13.0. The Labute approximate surface area is 133 Å². The maximum Gasteiger partial charge on any atom is 0.103 e. The minimum Gasteiger partial charge on any atom is -0.389 e. The van der Waals surface area contributed by atoms with Gasteiger partial charge < -0.3 is 15.2 Å². The van der Waals surface area contributed by atoms with Gasteiger partial charge in [0.1, 0.15) is 4.99 Å². The third-order valence-electron chi connectivity index (χ3n) is 3.16. The fourth-order valence-corrected chi connectivity index (χ4v) is 2.11. The van der Waals surface area contributed by atoms with E-state index in [1.807, 2.05) is 26.0 Å². The predicted molar refractivity (Wildman–Crippen MR) is 90.6 cm³/mol. The van der Waals surface area contributed by atoms with E-state index < -0.39 is 0 Å². The molecule has 21 heavy (non-hydrogen) atoms. The van der Waals surface area contributed by atoms with Gasteiger partial charge in [-0.2, -0.15) is 0 Å². The highest BCUT2D eigenvalue weighted by Gasteiger charge is 2.06. The van der Waals surface area contributed by atoms with E-state index in [-0.39, 0.29) is 0 Å². The average molecular weight is 310 g/mol. The summed E-state index contributed by atoms with van der Waals surface area (Å²) in [6, 6.07) is 8.09. The number of hydrogen-bond acceptors (Lipinski definition) is 4. The Hall–Kier alpha value is -1.01. The molecule has 1 aromatic carbocycles. The fourth-order valence-electron chi connectivity index (χ4n) is 1.98. The van der Waals surface area contributed by atoms with Crippen LogP contribution in [0.4, 0.5) is 0 Å². The number of benzene rings is 1. The van der Waals surface area contributed by atoms with E-state index in [1.54, 1.807) is 0 Å². The highest BCUT2D eigenvalue weighted by Crippen LogP contribution is 2.08. The van der Waals surface area contributed by atoms with Gasteiger partial charge in [0.05, 0.1) is 13.2 Å². The Morgan fingerprint density at radius 1 is 1.05 bits per heavy atom. The number of nitrogens with zero attached hydrogens (tertiary/aromatic N) is 1. The van der Waals surface area contributed by atoms with Gasteiger partial charge in [-0.1, -0.05) is 36.5 Å². The minimum atomic E-state index is 0.436. The second-order valence-corrected chi connectivity index (χ2v) is 5.17. The molecular weight excluding hydrogens is 284 g/mol. The standard InChI is InChI=1S/C16H26N2O2S/c1-3-19-11-9-18(10-12-20-4-2)13-14-5-7-15(8-6-14)16(17)21/h5-8H,3-4,9-13H2,1-2H3,(H2,17,21). The second kappa shape index (κ2) is 10.7. The van der Waals surface area contributed by atoms with E-state index in [2.05, 4.69) is 17.0 Å². The maximum atomic E-state index is 5.62. The zero-order valence-corrected chi connectivity index (χ0v) is 13.8. The topological polar surface area (TPSA) is 47.7 Å². The van der Waals surface area contributed by atoms with Gasteiger partial charge in [0, 0.05) is 38.4 Å². The summed E-state index contributed by atoms with van der Waals surface area (Å²) in [4.78, 5) is 2.77. The van der Waals surface area contributed by atoms with Crippen molar-refractivity contribution < 1.29 is 9.47 Å². The van der Waals surface area contributed by atoms with Gasteiger partial charge in [-0.3, -0.25) is 4.90 Å². The van der Waals surface area contributed by atoms with Crippen molar-refractivity contribution in [3.8, 4) is 0 Å². The van der Waals surface area contributed by atoms with E-state index in [9.17, 15) is 0 Å². The van der Waals surface area contributed by atoms with Gasteiger partial charge in [0.15, 0.2) is 0 Å². The molecule has 0 saturated heterocycles. The SMILES string of the molecule is CCOCCN(CCOCC)Cc1ccc(C(N)=S)cc1. The van der Waals surface area contributed by atoms with Crippen LogP contribution in [0.5, 0.6) is 0 Å². The van der Waals surface area contributed by atoms with Gasteiger partial charge in [0.2, 0.25) is 0 Å². The maximum absolute atomic E-state index is 5.62. The Morgan fingerprint density at radius 3 is 2.00 bits per heavy atom. The predicted octanol–water partition coefficient (Wildman–Crippen LogP) is 2.20. The van der Waals surface area contributed by atoms with Crippen LogP contribution in [0.2, 0.25) is 0 Å². The summed E-state index contributed by atoms with van der Waals surface area (Å²) in [6.45, 7) is 9.69. The molecule has 1 rings (SSSR count). The summed E-state index contributed by atoms with van der Waals surface area (Å²) in [6.07, 6.45) is 0. The molecule has 0 aliphatic carbocycles. The number of thiocarbonyl (C=S) groups is 1. The van der Waals surface area contributed by atoms with Gasteiger partial charge in [-0.15, -0.1) is 0 Å². The third-order valence-corrected chi connectivity index (χ3v) is 3.39. The third kappa shape index (κ3) is 7.52. The molecular formula is C16H26N2O2S. The van der Waals surface area contributed by atoms with Crippen molar-refractivity contribution in [2.45, 2.75) is 20.4 Å². The van der Waals surface area contributed by atoms with E-state index >= 15 is 0 Å². The molecule has 0 spiro atoms. The Bertz CT molecular complexity index is 399. The lowest BCUT2D eigenvalue weighted by molar-refractivity contribution is 0.0798. The summed E-state index contributed by atoms with van der Waals surface area (Å²) in [5, 5.41) is 0. The van der Waals surface area contributed by atoms with Crippen molar-refractivity contribution in [3.63, 3.8) is 0 Å². The normalized spacial score (nSPS) is 11.0. The van der Waals surface area contributed by atoms with Crippen molar-refractivity contribution in [3.05, 3.63) is 35.4 Å². The van der Waals surface area contributed by atoms with Crippen LogP contribution >= 0.6 is 12.2 Å². The lowest BCUT2D eigenvalue weighted by Gasteiger charge is -2.22. The molecule has 5 heteroatoms. The number of nitrogens with two attached hydrogens (primary N) is 1. The van der Waals surface area contributed by atoms with Crippen LogP contribution in [0.3, 0.4) is 0 Å². The molecule has 2 N–H and O–H groups in total. The first-order chi connectivity index (χ1) is 10.2. The number of hydrogen-bond donors (Lipinski definition) is 1. The smallest absolute Gasteiger partial charge is 0.103 e. The van der Waals surface area contributed by atoms with Crippen LogP contribution in [0.25, 0.3) is 0 Å². The summed E-state index contributed by atoms with van der Waals surface area (Å²) in [5.41, 5.74) is 7.76. The van der Waals surface area contributed by atoms with Gasteiger partial charge in [-0.25, -0.2) is 0 Å². The molecule has 0 fully saturated rings. The van der Waals surface area contributed by atoms with Crippen LogP contribution in [-0.4, -0.2) is 49.4 Å². The molecule has 0 atom stereocenters. The van der Waals surface area contributed by atoms with Gasteiger partial charge in [0.25, 0.3) is 0 Å². The first-order valence-electron chi connectivity index (χ1n) is 7.44. The van der Waals surface area contributed by atoms with E-state index in [4.69, 9.17) is 27.4 Å². The molecule has 0 radical (unpaired) electrons. The minimum absolute atomic E-state index is 0.436. The summed E-state index contributed by atoms with van der Waals surface area (Å²) in [5.74, 6) is 0. The lowest BCUT2D eigenvalue weighted by atomic mass is 10.1. The van der Waals surface area contributed by atoms with Crippen LogP contribution < -0.4 is 5.73 Å². The van der Waals surface area contributed by atoms with Crippen molar-refractivity contribution in [2.24, 2.45) is 5.73 Å². The first kappa shape index (κ1) is 18.0. The van der Waals surface area contributed by atoms with Crippen LogP contribution in [0.1, 0.15) is 25.0 Å². The Morgan fingerprint density at radius 2 is 1.57 bits per heavy atom. The average Bonchev–Trinajstić information content (AvgIpc) is 2.48. The quantitative estimate of drug-likeness (QED) is 0.501. The Kier molecular flexibility index (Phi) is 9.17. The molecule has 0 aliphatic rings. The highest BCUT2D eigenvalue weighted by atomic mass is 32.1. The largest absolute Gasteiger partial charge is 0.389 e. The number of ether oxygens (including phenoxy) is 2. The van der Waals surface area contributed by atoms with Crippen molar-refractivity contribution in [2.75, 3.05) is 39.5 Å². The fraction of sp³-hybridized carbons (Fsp3) is 0.562. The molecule has 118 valence electrons. The lowest BCUT2D eigenvalue weighted by Crippen LogP contribution is -2.30. The second-order valence-electron chi connectivity index (χ2n) is 4.73. The molecule has 0 heterocycles. The van der Waals surface area contributed by atoms with Crippen molar-refractivity contribution >= 4 is 17.2 Å². The summed E-state index contributed by atoms with van der Waals surface area (Å²) in [7, 11) is 0.